The number of aromatic carboxylic acids is 1. The standard InChI is InChI=1S/C20H22N2O5/c23-18-10-17(19(24)25)22-11-16(27-20(22)21-18)12-26-15-8-6-14(7-9-15)13-4-2-1-3-5-13/h6-10,13,16H,1-5,11-12H2,(H,24,25). The number of ether oxygens (including phenoxy) is 2. The molecule has 1 saturated carbocycles. The maximum Gasteiger partial charge on any atom is 0.352 e. The topological polar surface area (TPSA) is 90.7 Å². The van der Waals surface area contributed by atoms with Crippen molar-refractivity contribution in [3.8, 4) is 11.8 Å². The highest BCUT2D eigenvalue weighted by Crippen LogP contribution is 2.33. The van der Waals surface area contributed by atoms with Crippen molar-refractivity contribution in [2.75, 3.05) is 6.61 Å². The molecule has 1 N–H and O–H groups in total. The van der Waals surface area contributed by atoms with E-state index in [4.69, 9.17) is 9.47 Å². The molecule has 1 unspecified atom stereocenters. The Kier molecular flexibility index (Phi) is 4.83. The monoisotopic (exact) mass is 370 g/mol. The Hall–Kier alpha value is -2.83. The fourth-order valence-electron chi connectivity index (χ4n) is 3.87. The lowest BCUT2D eigenvalue weighted by molar-refractivity contribution is 0.0683. The average molecular weight is 370 g/mol. The molecule has 0 amide bonds. The number of carboxylic acid groups (broad SMARTS) is 1. The third-order valence-corrected chi connectivity index (χ3v) is 5.26. The maximum absolute atomic E-state index is 11.5. The van der Waals surface area contributed by atoms with E-state index in [1.54, 1.807) is 0 Å². The summed E-state index contributed by atoms with van der Waals surface area (Å²) in [5.41, 5.74) is 0.614. The molecule has 0 bridgehead atoms. The molecule has 1 aliphatic carbocycles. The Morgan fingerprint density at radius 1 is 1.22 bits per heavy atom. The number of fused-ring (bicyclic) bond motifs is 1. The van der Waals surface area contributed by atoms with E-state index in [1.807, 2.05) is 12.1 Å². The van der Waals surface area contributed by atoms with Gasteiger partial charge in [0.05, 0.1) is 6.54 Å². The van der Waals surface area contributed by atoms with Crippen LogP contribution in [-0.2, 0) is 6.54 Å². The van der Waals surface area contributed by atoms with Crippen LogP contribution in [-0.4, -0.2) is 33.3 Å². The SMILES string of the molecule is O=C(O)c1cc(=O)nc2n1CC(COc1ccc(C3CCCCC3)cc1)O2. The molecule has 2 heterocycles. The van der Waals surface area contributed by atoms with Gasteiger partial charge in [0.1, 0.15) is 18.1 Å². The van der Waals surface area contributed by atoms with Gasteiger partial charge in [0.2, 0.25) is 0 Å². The lowest BCUT2D eigenvalue weighted by Crippen LogP contribution is -2.24. The van der Waals surface area contributed by atoms with Crippen LogP contribution in [0, 0.1) is 0 Å². The van der Waals surface area contributed by atoms with Crippen molar-refractivity contribution < 1.29 is 19.4 Å². The second-order valence-corrected chi connectivity index (χ2v) is 7.13. The molecule has 1 aromatic carbocycles. The van der Waals surface area contributed by atoms with E-state index in [9.17, 15) is 14.7 Å². The van der Waals surface area contributed by atoms with E-state index < -0.39 is 17.6 Å². The van der Waals surface area contributed by atoms with E-state index in [0.29, 0.717) is 5.92 Å². The van der Waals surface area contributed by atoms with Crippen LogP contribution in [0.5, 0.6) is 11.8 Å². The number of benzene rings is 1. The van der Waals surface area contributed by atoms with Gasteiger partial charge in [0, 0.05) is 6.07 Å². The van der Waals surface area contributed by atoms with Gasteiger partial charge in [-0.05, 0) is 36.5 Å². The Bertz CT molecular complexity index is 884. The second kappa shape index (κ2) is 7.42. The maximum atomic E-state index is 11.5. The lowest BCUT2D eigenvalue weighted by Gasteiger charge is -2.22. The summed E-state index contributed by atoms with van der Waals surface area (Å²) in [6.07, 6.45) is 6.06. The van der Waals surface area contributed by atoms with Gasteiger partial charge in [0.25, 0.3) is 5.56 Å². The van der Waals surface area contributed by atoms with E-state index in [1.165, 1.54) is 42.2 Å². The summed E-state index contributed by atoms with van der Waals surface area (Å²) >= 11 is 0. The minimum absolute atomic E-state index is 0.0288. The van der Waals surface area contributed by atoms with Gasteiger partial charge in [-0.25, -0.2) is 4.79 Å². The third-order valence-electron chi connectivity index (χ3n) is 5.26. The van der Waals surface area contributed by atoms with Crippen LogP contribution >= 0.6 is 0 Å². The van der Waals surface area contributed by atoms with Crippen molar-refractivity contribution in [2.24, 2.45) is 0 Å². The quantitative estimate of drug-likeness (QED) is 0.870. The normalized spacial score (nSPS) is 19.3. The number of carboxylic acids is 1. The highest BCUT2D eigenvalue weighted by Gasteiger charge is 2.28. The van der Waals surface area contributed by atoms with Crippen LogP contribution in [0.3, 0.4) is 0 Å². The number of carbonyl (C=O) groups is 1. The molecule has 0 spiro atoms. The molecule has 7 nitrogen and oxygen atoms in total. The van der Waals surface area contributed by atoms with E-state index in [2.05, 4.69) is 17.1 Å². The molecule has 2 aliphatic rings. The van der Waals surface area contributed by atoms with Crippen molar-refractivity contribution in [3.05, 3.63) is 51.9 Å². The van der Waals surface area contributed by atoms with Crippen LogP contribution in [0.4, 0.5) is 0 Å². The first kappa shape index (κ1) is 17.6. The molecule has 2 aromatic rings. The first-order valence-corrected chi connectivity index (χ1v) is 9.35. The molecule has 142 valence electrons. The van der Waals surface area contributed by atoms with Crippen molar-refractivity contribution in [3.63, 3.8) is 0 Å². The Balaban J connectivity index is 1.37. The molecule has 7 heteroatoms. The average Bonchev–Trinajstić information content (AvgIpc) is 3.09. The van der Waals surface area contributed by atoms with Gasteiger partial charge in [-0.15, -0.1) is 0 Å². The summed E-state index contributed by atoms with van der Waals surface area (Å²) in [6.45, 7) is 0.532. The summed E-state index contributed by atoms with van der Waals surface area (Å²) in [7, 11) is 0. The number of hydrogen-bond donors (Lipinski definition) is 1. The van der Waals surface area contributed by atoms with Gasteiger partial charge in [0.15, 0.2) is 6.10 Å². The third kappa shape index (κ3) is 3.82. The minimum atomic E-state index is -1.18. The lowest BCUT2D eigenvalue weighted by atomic mass is 9.84. The van der Waals surface area contributed by atoms with E-state index in [-0.39, 0.29) is 24.9 Å². The van der Waals surface area contributed by atoms with Gasteiger partial charge >= 0.3 is 12.0 Å². The zero-order chi connectivity index (χ0) is 18.8. The Morgan fingerprint density at radius 3 is 2.67 bits per heavy atom. The second-order valence-electron chi connectivity index (χ2n) is 7.13. The van der Waals surface area contributed by atoms with Crippen molar-refractivity contribution >= 4 is 5.97 Å². The zero-order valence-corrected chi connectivity index (χ0v) is 15.0. The summed E-state index contributed by atoms with van der Waals surface area (Å²) in [5.74, 6) is 0.216. The molecule has 4 rings (SSSR count). The fourth-order valence-corrected chi connectivity index (χ4v) is 3.87. The van der Waals surface area contributed by atoms with E-state index >= 15 is 0 Å². The summed E-state index contributed by atoms with van der Waals surface area (Å²) in [4.78, 5) is 26.5. The summed E-state index contributed by atoms with van der Waals surface area (Å²) in [5, 5.41) is 9.23. The van der Waals surface area contributed by atoms with E-state index in [0.717, 1.165) is 11.8 Å². The van der Waals surface area contributed by atoms with Crippen molar-refractivity contribution in [2.45, 2.75) is 50.7 Å². The molecular weight excluding hydrogens is 348 g/mol. The molecule has 1 aliphatic heterocycles. The Morgan fingerprint density at radius 2 is 1.96 bits per heavy atom. The largest absolute Gasteiger partial charge is 0.490 e. The first-order valence-electron chi connectivity index (χ1n) is 9.35. The minimum Gasteiger partial charge on any atom is -0.490 e. The molecular formula is C20H22N2O5. The van der Waals surface area contributed by atoms with Crippen LogP contribution in [0.2, 0.25) is 0 Å². The molecule has 27 heavy (non-hydrogen) atoms. The number of rotatable bonds is 5. The van der Waals surface area contributed by atoms with Crippen LogP contribution < -0.4 is 15.0 Å². The summed E-state index contributed by atoms with van der Waals surface area (Å²) < 4.78 is 12.8. The highest BCUT2D eigenvalue weighted by molar-refractivity contribution is 5.85. The van der Waals surface area contributed by atoms with Crippen molar-refractivity contribution in [1.82, 2.24) is 9.55 Å². The number of aromatic nitrogens is 2. The van der Waals surface area contributed by atoms with Crippen LogP contribution in [0.15, 0.2) is 35.1 Å². The van der Waals surface area contributed by atoms with Crippen LogP contribution in [0.1, 0.15) is 54.1 Å². The number of nitrogens with zero attached hydrogens (tertiary/aromatic N) is 2. The fraction of sp³-hybridized carbons (Fsp3) is 0.450. The molecule has 1 aromatic heterocycles. The number of hydrogen-bond acceptors (Lipinski definition) is 5. The first-order chi connectivity index (χ1) is 13.1. The smallest absolute Gasteiger partial charge is 0.352 e. The molecule has 1 atom stereocenters. The predicted octanol–water partition coefficient (Wildman–Crippen LogP) is 2.83. The molecule has 0 radical (unpaired) electrons. The van der Waals surface area contributed by atoms with Crippen LogP contribution in [0.25, 0.3) is 0 Å². The predicted molar refractivity (Wildman–Crippen MR) is 97.6 cm³/mol. The van der Waals surface area contributed by atoms with Crippen molar-refractivity contribution in [1.29, 1.82) is 0 Å². The summed E-state index contributed by atoms with van der Waals surface area (Å²) in [6, 6.07) is 9.21. The Labute approximate surface area is 156 Å². The zero-order valence-electron chi connectivity index (χ0n) is 15.0. The molecule has 0 saturated heterocycles. The van der Waals surface area contributed by atoms with Gasteiger partial charge in [-0.3, -0.25) is 9.36 Å². The highest BCUT2D eigenvalue weighted by atomic mass is 16.6. The van der Waals surface area contributed by atoms with Gasteiger partial charge < -0.3 is 14.6 Å². The van der Waals surface area contributed by atoms with Gasteiger partial charge in [-0.2, -0.15) is 4.98 Å². The molecule has 1 fully saturated rings. The van der Waals surface area contributed by atoms with Gasteiger partial charge in [-0.1, -0.05) is 31.4 Å².